The Morgan fingerprint density at radius 3 is 2.86 bits per heavy atom. The molecule has 0 bridgehead atoms. The van der Waals surface area contributed by atoms with E-state index < -0.39 is 10.0 Å². The summed E-state index contributed by atoms with van der Waals surface area (Å²) in [5, 5.41) is 0. The Balaban J connectivity index is 2.00. The molecule has 1 fully saturated rings. The summed E-state index contributed by atoms with van der Waals surface area (Å²) in [7, 11) is -3.11. The minimum atomic E-state index is -3.11. The van der Waals surface area contributed by atoms with Crippen LogP contribution < -0.4 is 4.74 Å². The van der Waals surface area contributed by atoms with Crippen LogP contribution in [0.2, 0.25) is 0 Å². The molecule has 118 valence electrons. The molecule has 0 aromatic heterocycles. The molecule has 1 heterocycles. The number of nitrogens with zero attached hydrogens (tertiary/aromatic N) is 1. The smallest absolute Gasteiger partial charge is 0.211 e. The second-order valence-electron chi connectivity index (χ2n) is 5.64. The number of para-hydroxylation sites is 1. The molecular weight excluding hydrogens is 310 g/mol. The van der Waals surface area contributed by atoms with Crippen molar-refractivity contribution in [1.29, 1.82) is 0 Å². The zero-order chi connectivity index (χ0) is 15.5. The number of rotatable bonds is 5. The van der Waals surface area contributed by atoms with Gasteiger partial charge in [-0.1, -0.05) is 18.2 Å². The molecule has 2 rings (SSSR count). The van der Waals surface area contributed by atoms with Gasteiger partial charge in [0.1, 0.15) is 5.75 Å². The van der Waals surface area contributed by atoms with Crippen molar-refractivity contribution >= 4 is 21.6 Å². The number of ether oxygens (including phenoxy) is 1. The van der Waals surface area contributed by atoms with Crippen LogP contribution in [-0.2, 0) is 15.9 Å². The van der Waals surface area contributed by atoms with E-state index in [4.69, 9.17) is 16.3 Å². The lowest BCUT2D eigenvalue weighted by molar-refractivity contribution is 0.179. The molecule has 1 aliphatic rings. The van der Waals surface area contributed by atoms with Crippen LogP contribution in [0.3, 0.4) is 0 Å². The highest BCUT2D eigenvalue weighted by atomic mass is 35.5. The maximum absolute atomic E-state index is 11.6. The van der Waals surface area contributed by atoms with Gasteiger partial charge in [0.25, 0.3) is 0 Å². The molecule has 1 aromatic carbocycles. The van der Waals surface area contributed by atoms with Crippen molar-refractivity contribution in [2.45, 2.75) is 25.6 Å². The van der Waals surface area contributed by atoms with Gasteiger partial charge >= 0.3 is 0 Å². The Bertz CT molecular complexity index is 589. The van der Waals surface area contributed by atoms with E-state index >= 15 is 0 Å². The number of benzene rings is 1. The highest BCUT2D eigenvalue weighted by molar-refractivity contribution is 7.88. The third-order valence-corrected chi connectivity index (χ3v) is 5.41. The van der Waals surface area contributed by atoms with Gasteiger partial charge < -0.3 is 4.74 Å². The maximum Gasteiger partial charge on any atom is 0.211 e. The molecule has 4 nitrogen and oxygen atoms in total. The largest absolute Gasteiger partial charge is 0.493 e. The summed E-state index contributed by atoms with van der Waals surface area (Å²) in [5.74, 6) is 1.48. The summed E-state index contributed by atoms with van der Waals surface area (Å²) >= 11 is 5.94. The fourth-order valence-corrected chi connectivity index (χ4v) is 3.84. The summed E-state index contributed by atoms with van der Waals surface area (Å²) in [6, 6.07) is 5.92. The summed E-state index contributed by atoms with van der Waals surface area (Å²) in [4.78, 5) is 0. The van der Waals surface area contributed by atoms with Crippen LogP contribution in [0.25, 0.3) is 0 Å². The lowest BCUT2D eigenvalue weighted by atomic mass is 10.0. The average molecular weight is 332 g/mol. The fourth-order valence-electron chi connectivity index (χ4n) is 2.69. The van der Waals surface area contributed by atoms with E-state index in [-0.39, 0.29) is 5.92 Å². The quantitative estimate of drug-likeness (QED) is 0.779. The molecule has 1 atom stereocenters. The van der Waals surface area contributed by atoms with E-state index in [0.717, 1.165) is 29.7 Å². The number of alkyl halides is 1. The van der Waals surface area contributed by atoms with Gasteiger partial charge in [-0.25, -0.2) is 12.7 Å². The van der Waals surface area contributed by atoms with E-state index in [1.807, 2.05) is 25.1 Å². The van der Waals surface area contributed by atoms with Crippen molar-refractivity contribution in [1.82, 2.24) is 4.31 Å². The van der Waals surface area contributed by atoms with Gasteiger partial charge in [-0.15, -0.1) is 11.6 Å². The average Bonchev–Trinajstić information content (AvgIpc) is 2.45. The van der Waals surface area contributed by atoms with Crippen molar-refractivity contribution < 1.29 is 13.2 Å². The molecule has 1 aromatic rings. The van der Waals surface area contributed by atoms with E-state index in [0.29, 0.717) is 25.6 Å². The van der Waals surface area contributed by atoms with Gasteiger partial charge in [-0.3, -0.25) is 0 Å². The van der Waals surface area contributed by atoms with E-state index in [1.54, 1.807) is 4.31 Å². The van der Waals surface area contributed by atoms with Crippen LogP contribution in [-0.4, -0.2) is 38.7 Å². The third-order valence-electron chi connectivity index (χ3n) is 3.85. The Hall–Kier alpha value is -0.780. The number of hydrogen-bond acceptors (Lipinski definition) is 3. The van der Waals surface area contributed by atoms with Crippen molar-refractivity contribution in [2.75, 3.05) is 26.0 Å². The molecule has 0 radical (unpaired) electrons. The summed E-state index contributed by atoms with van der Waals surface area (Å²) in [5.41, 5.74) is 2.04. The fraction of sp³-hybridized carbons (Fsp3) is 0.600. The van der Waals surface area contributed by atoms with Crippen LogP contribution in [0, 0.1) is 12.8 Å². The normalized spacial score (nSPS) is 20.4. The maximum atomic E-state index is 11.6. The Labute approximate surface area is 132 Å². The molecule has 1 saturated heterocycles. The predicted molar refractivity (Wildman–Crippen MR) is 85.4 cm³/mol. The summed E-state index contributed by atoms with van der Waals surface area (Å²) < 4.78 is 30.8. The number of piperidine rings is 1. The lowest BCUT2D eigenvalue weighted by Gasteiger charge is -2.31. The zero-order valence-corrected chi connectivity index (χ0v) is 14.1. The first kappa shape index (κ1) is 16.6. The molecule has 1 unspecified atom stereocenters. The van der Waals surface area contributed by atoms with E-state index in [1.165, 1.54) is 6.26 Å². The molecular formula is C15H22ClNO3S. The number of halogens is 1. The van der Waals surface area contributed by atoms with Gasteiger partial charge in [0.2, 0.25) is 10.0 Å². The highest BCUT2D eigenvalue weighted by Gasteiger charge is 2.26. The van der Waals surface area contributed by atoms with Crippen molar-refractivity contribution in [3.63, 3.8) is 0 Å². The van der Waals surface area contributed by atoms with E-state index in [2.05, 4.69) is 0 Å². The molecule has 6 heteroatoms. The molecule has 0 spiro atoms. The standard InChI is InChI=1S/C15H22ClNO3S/c1-12-5-3-7-14(9-16)15(12)20-11-13-6-4-8-17(10-13)21(2,18)19/h3,5,7,13H,4,6,8-11H2,1-2H3. The Morgan fingerprint density at radius 2 is 2.19 bits per heavy atom. The van der Waals surface area contributed by atoms with Gasteiger partial charge in [0.05, 0.1) is 18.7 Å². The second kappa shape index (κ2) is 6.99. The minimum absolute atomic E-state index is 0.233. The van der Waals surface area contributed by atoms with Gasteiger partial charge in [-0.05, 0) is 25.3 Å². The first-order chi connectivity index (χ1) is 9.91. The topological polar surface area (TPSA) is 46.6 Å². The third kappa shape index (κ3) is 4.34. The van der Waals surface area contributed by atoms with Crippen LogP contribution in [0.1, 0.15) is 24.0 Å². The van der Waals surface area contributed by atoms with Gasteiger partial charge in [-0.2, -0.15) is 0 Å². The van der Waals surface area contributed by atoms with Crippen molar-refractivity contribution in [3.05, 3.63) is 29.3 Å². The lowest BCUT2D eigenvalue weighted by Crippen LogP contribution is -2.41. The van der Waals surface area contributed by atoms with Crippen LogP contribution in [0.15, 0.2) is 18.2 Å². The Morgan fingerprint density at radius 1 is 1.43 bits per heavy atom. The first-order valence-corrected chi connectivity index (χ1v) is 9.52. The number of hydrogen-bond donors (Lipinski definition) is 0. The monoisotopic (exact) mass is 331 g/mol. The van der Waals surface area contributed by atoms with Crippen molar-refractivity contribution in [2.24, 2.45) is 5.92 Å². The molecule has 1 aliphatic heterocycles. The SMILES string of the molecule is Cc1cccc(CCl)c1OCC1CCCN(S(C)(=O)=O)C1. The van der Waals surface area contributed by atoms with Gasteiger partial charge in [0.15, 0.2) is 0 Å². The molecule has 0 N–H and O–H groups in total. The minimum Gasteiger partial charge on any atom is -0.493 e. The summed E-state index contributed by atoms with van der Waals surface area (Å²) in [6.07, 6.45) is 3.15. The molecule has 0 amide bonds. The number of sulfonamides is 1. The zero-order valence-electron chi connectivity index (χ0n) is 12.5. The van der Waals surface area contributed by atoms with E-state index in [9.17, 15) is 8.42 Å². The van der Waals surface area contributed by atoms with Crippen LogP contribution >= 0.6 is 11.6 Å². The molecule has 0 aliphatic carbocycles. The first-order valence-electron chi connectivity index (χ1n) is 7.14. The summed E-state index contributed by atoms with van der Waals surface area (Å²) in [6.45, 7) is 3.68. The predicted octanol–water partition coefficient (Wildman–Crippen LogP) is 2.78. The highest BCUT2D eigenvalue weighted by Crippen LogP contribution is 2.27. The van der Waals surface area contributed by atoms with Gasteiger partial charge in [0, 0.05) is 24.6 Å². The van der Waals surface area contributed by atoms with Crippen molar-refractivity contribution in [3.8, 4) is 5.75 Å². The number of aryl methyl sites for hydroxylation is 1. The second-order valence-corrected chi connectivity index (χ2v) is 7.89. The molecule has 0 saturated carbocycles. The van der Waals surface area contributed by atoms with Crippen LogP contribution in [0.5, 0.6) is 5.75 Å². The Kier molecular flexibility index (Phi) is 5.52. The van der Waals surface area contributed by atoms with Crippen LogP contribution in [0.4, 0.5) is 0 Å². The molecule has 21 heavy (non-hydrogen) atoms.